The molecule has 2 fully saturated rings. The van der Waals surface area contributed by atoms with Crippen LogP contribution in [0.5, 0.6) is 0 Å². The Bertz CT molecular complexity index is 805. The van der Waals surface area contributed by atoms with Gasteiger partial charge in [0, 0.05) is 26.2 Å². The number of morpholine rings is 1. The lowest BCUT2D eigenvalue weighted by molar-refractivity contribution is -0.159. The number of nitrogens with zero attached hydrogens (tertiary/aromatic N) is 3. The zero-order valence-corrected chi connectivity index (χ0v) is 17.3. The van der Waals surface area contributed by atoms with Gasteiger partial charge in [-0.15, -0.1) is 0 Å². The second-order valence-corrected chi connectivity index (χ2v) is 7.28. The van der Waals surface area contributed by atoms with Crippen molar-refractivity contribution in [3.63, 3.8) is 0 Å². The van der Waals surface area contributed by atoms with Gasteiger partial charge in [-0.25, -0.2) is 14.4 Å². The maximum atomic E-state index is 12.4. The highest BCUT2D eigenvalue weighted by Crippen LogP contribution is 2.21. The summed E-state index contributed by atoms with van der Waals surface area (Å²) in [5.74, 6) is -2.88. The number of piperidine rings is 1. The van der Waals surface area contributed by atoms with Crippen molar-refractivity contribution >= 4 is 29.6 Å². The molecule has 2 aliphatic heterocycles. The largest absolute Gasteiger partial charge is 0.473 e. The molecule has 2 saturated heterocycles. The number of benzene rings is 1. The van der Waals surface area contributed by atoms with Gasteiger partial charge in [-0.1, -0.05) is 36.4 Å². The van der Waals surface area contributed by atoms with Crippen LogP contribution in [0, 0.1) is 12.5 Å². The quantitative estimate of drug-likeness (QED) is 0.556. The molecule has 0 aliphatic carbocycles. The molecule has 1 aromatic carbocycles. The van der Waals surface area contributed by atoms with Crippen LogP contribution in [-0.2, 0) is 19.1 Å². The van der Waals surface area contributed by atoms with Gasteiger partial charge in [0.1, 0.15) is 0 Å². The third kappa shape index (κ3) is 8.58. The monoisotopic (exact) mass is 429 g/mol. The summed E-state index contributed by atoms with van der Waals surface area (Å²) in [6.07, 6.45) is 6.41. The van der Waals surface area contributed by atoms with Crippen LogP contribution in [0.25, 0.3) is 10.9 Å². The first-order valence-corrected chi connectivity index (χ1v) is 10.1. The number of carbonyl (C=O) groups is 3. The second kappa shape index (κ2) is 12.5. The Balaban J connectivity index is 0.000000501. The van der Waals surface area contributed by atoms with Gasteiger partial charge in [-0.2, -0.15) is 0 Å². The van der Waals surface area contributed by atoms with E-state index in [1.54, 1.807) is 0 Å². The van der Waals surface area contributed by atoms with Crippen LogP contribution in [0.15, 0.2) is 30.3 Å². The summed E-state index contributed by atoms with van der Waals surface area (Å²) in [6.45, 7) is 12.4. The Morgan fingerprint density at radius 1 is 1.03 bits per heavy atom. The van der Waals surface area contributed by atoms with Gasteiger partial charge in [-0.05, 0) is 24.3 Å². The maximum Gasteiger partial charge on any atom is 0.414 e. The molecule has 0 aromatic heterocycles. The van der Waals surface area contributed by atoms with Crippen LogP contribution < -0.4 is 0 Å². The summed E-state index contributed by atoms with van der Waals surface area (Å²) in [4.78, 5) is 38.2. The van der Waals surface area contributed by atoms with Crippen molar-refractivity contribution < 1.29 is 29.3 Å². The highest BCUT2D eigenvalue weighted by atomic mass is 16.5. The molecule has 0 spiro atoms. The number of aliphatic carboxylic acids is 2. The van der Waals surface area contributed by atoms with Gasteiger partial charge < -0.3 is 19.8 Å². The van der Waals surface area contributed by atoms with E-state index in [-0.39, 0.29) is 5.91 Å². The van der Waals surface area contributed by atoms with Crippen molar-refractivity contribution in [2.45, 2.75) is 12.8 Å². The Hall–Kier alpha value is -3.22. The molecule has 2 heterocycles. The number of carbonyl (C=O) groups excluding carboxylic acids is 1. The summed E-state index contributed by atoms with van der Waals surface area (Å²) in [5.41, 5.74) is 1.79. The lowest BCUT2D eigenvalue weighted by atomic mass is 9.95. The van der Waals surface area contributed by atoms with E-state index in [0.29, 0.717) is 18.2 Å². The zero-order chi connectivity index (χ0) is 22.6. The van der Waals surface area contributed by atoms with E-state index in [4.69, 9.17) is 31.1 Å². The predicted molar refractivity (Wildman–Crippen MR) is 114 cm³/mol. The minimum Gasteiger partial charge on any atom is -0.473 e. The zero-order valence-electron chi connectivity index (χ0n) is 17.3. The average Bonchev–Trinajstić information content (AvgIpc) is 2.79. The molecule has 1 aromatic rings. The number of hydrogen-bond acceptors (Lipinski definition) is 5. The Kier molecular flexibility index (Phi) is 9.68. The number of likely N-dealkylation sites (tertiary alicyclic amines) is 1. The van der Waals surface area contributed by atoms with Crippen molar-refractivity contribution in [2.75, 3.05) is 45.9 Å². The van der Waals surface area contributed by atoms with E-state index < -0.39 is 11.9 Å². The fourth-order valence-electron chi connectivity index (χ4n) is 3.30. The van der Waals surface area contributed by atoms with Gasteiger partial charge in [0.05, 0.1) is 26.3 Å². The number of carboxylic acids is 2. The summed E-state index contributed by atoms with van der Waals surface area (Å²) >= 11 is 0. The van der Waals surface area contributed by atoms with Gasteiger partial charge in [0.15, 0.2) is 5.69 Å². The van der Waals surface area contributed by atoms with Crippen LogP contribution in [0.2, 0.25) is 0 Å². The van der Waals surface area contributed by atoms with Gasteiger partial charge >= 0.3 is 11.9 Å². The molecule has 2 aliphatic rings. The standard InChI is InChI=1S/C20H25N3O2.C2H2O4/c1-21-19-6-4-17(5-7-19)2-3-18-8-10-23(11-9-18)20(24)16-22-12-14-25-15-13-22;3-1(4)2(5)6/h2-7,18H,8-16H2;(H,3,4)(H,5,6)/b3-2+;. The molecule has 166 valence electrons. The molecule has 9 nitrogen and oxygen atoms in total. The normalized spacial score (nSPS) is 17.5. The van der Waals surface area contributed by atoms with Crippen molar-refractivity contribution in [3.05, 3.63) is 47.3 Å². The lowest BCUT2D eigenvalue weighted by Gasteiger charge is -2.33. The van der Waals surface area contributed by atoms with Crippen molar-refractivity contribution in [2.24, 2.45) is 5.92 Å². The number of allylic oxidation sites excluding steroid dienone is 1. The average molecular weight is 429 g/mol. The third-order valence-electron chi connectivity index (χ3n) is 5.12. The molecule has 0 atom stereocenters. The van der Waals surface area contributed by atoms with Crippen LogP contribution in [0.4, 0.5) is 5.69 Å². The molecule has 0 bridgehead atoms. The summed E-state index contributed by atoms with van der Waals surface area (Å²) in [7, 11) is 0. The summed E-state index contributed by atoms with van der Waals surface area (Å²) in [6, 6.07) is 7.65. The number of carboxylic acid groups (broad SMARTS) is 2. The van der Waals surface area contributed by atoms with Crippen molar-refractivity contribution in [1.29, 1.82) is 0 Å². The molecule has 31 heavy (non-hydrogen) atoms. The van der Waals surface area contributed by atoms with Crippen LogP contribution >= 0.6 is 0 Å². The second-order valence-electron chi connectivity index (χ2n) is 7.28. The van der Waals surface area contributed by atoms with Crippen molar-refractivity contribution in [1.82, 2.24) is 9.80 Å². The number of hydrogen-bond donors (Lipinski definition) is 2. The fourth-order valence-corrected chi connectivity index (χ4v) is 3.30. The highest BCUT2D eigenvalue weighted by molar-refractivity contribution is 6.27. The topological polar surface area (TPSA) is 112 Å². The Morgan fingerprint density at radius 2 is 1.61 bits per heavy atom. The first kappa shape index (κ1) is 24.1. The number of rotatable bonds is 4. The van der Waals surface area contributed by atoms with E-state index >= 15 is 0 Å². The van der Waals surface area contributed by atoms with Gasteiger partial charge in [-0.3, -0.25) is 9.69 Å². The summed E-state index contributed by atoms with van der Waals surface area (Å²) < 4.78 is 5.33. The molecule has 0 unspecified atom stereocenters. The van der Waals surface area contributed by atoms with E-state index in [0.717, 1.165) is 57.8 Å². The molecule has 1 amide bonds. The van der Waals surface area contributed by atoms with E-state index in [2.05, 4.69) is 21.9 Å². The predicted octanol–water partition coefficient (Wildman–Crippen LogP) is 1.98. The highest BCUT2D eigenvalue weighted by Gasteiger charge is 2.23. The van der Waals surface area contributed by atoms with Gasteiger partial charge in [0.25, 0.3) is 0 Å². The van der Waals surface area contributed by atoms with Gasteiger partial charge in [0.2, 0.25) is 5.91 Å². The summed E-state index contributed by atoms with van der Waals surface area (Å²) in [5, 5.41) is 14.8. The van der Waals surface area contributed by atoms with E-state index in [1.807, 2.05) is 29.2 Å². The molecule has 0 radical (unpaired) electrons. The van der Waals surface area contributed by atoms with E-state index in [1.165, 1.54) is 0 Å². The molecular formula is C22H27N3O6. The minimum absolute atomic E-state index is 0.249. The molecule has 2 N–H and O–H groups in total. The fraction of sp³-hybridized carbons (Fsp3) is 0.455. The van der Waals surface area contributed by atoms with E-state index in [9.17, 15) is 4.79 Å². The Morgan fingerprint density at radius 3 is 2.13 bits per heavy atom. The van der Waals surface area contributed by atoms with Crippen LogP contribution in [0.1, 0.15) is 18.4 Å². The smallest absolute Gasteiger partial charge is 0.414 e. The van der Waals surface area contributed by atoms with Crippen LogP contribution in [-0.4, -0.2) is 83.8 Å². The molecular weight excluding hydrogens is 402 g/mol. The molecule has 3 rings (SSSR count). The number of amides is 1. The number of ether oxygens (including phenoxy) is 1. The minimum atomic E-state index is -1.82. The SMILES string of the molecule is O=C(O)C(=O)O.[C-]#[N+]c1ccc(/C=C/C2CCN(C(=O)CN3CCOCC3)CC2)cc1. The lowest BCUT2D eigenvalue weighted by Crippen LogP contribution is -2.46. The first-order valence-electron chi connectivity index (χ1n) is 10.1. The first-order chi connectivity index (χ1) is 14.9. The third-order valence-corrected chi connectivity index (χ3v) is 5.12. The van der Waals surface area contributed by atoms with Crippen molar-refractivity contribution in [3.8, 4) is 0 Å². The molecule has 9 heteroatoms. The maximum absolute atomic E-state index is 12.4. The Labute approximate surface area is 181 Å². The molecule has 0 saturated carbocycles. The van der Waals surface area contributed by atoms with Crippen LogP contribution in [0.3, 0.4) is 0 Å².